The van der Waals surface area contributed by atoms with E-state index in [9.17, 15) is 5.11 Å². The smallest absolute Gasteiger partial charge is 0.110 e. The highest BCUT2D eigenvalue weighted by Gasteiger charge is 2.31. The standard InChI is InChI=1S/C16H26OSi/c1-5-7-13-15(17)16(6-2)18(3,4)14-11-9-8-10-12-14/h6,8-12,15,17H,5,7,13H2,1-4H3/b16-6+. The van der Waals surface area contributed by atoms with Crippen molar-refractivity contribution in [3.05, 3.63) is 41.6 Å². The normalized spacial score (nSPS) is 14.6. The van der Waals surface area contributed by atoms with Crippen molar-refractivity contribution in [3.63, 3.8) is 0 Å². The van der Waals surface area contributed by atoms with Gasteiger partial charge in [-0.15, -0.1) is 0 Å². The Bertz CT molecular complexity index is 381. The van der Waals surface area contributed by atoms with Gasteiger partial charge in [0.2, 0.25) is 0 Å². The molecule has 0 aliphatic rings. The minimum absolute atomic E-state index is 0.267. The van der Waals surface area contributed by atoms with Crippen molar-refractivity contribution in [1.82, 2.24) is 0 Å². The van der Waals surface area contributed by atoms with E-state index < -0.39 is 8.07 Å². The van der Waals surface area contributed by atoms with E-state index in [-0.39, 0.29) is 6.10 Å². The van der Waals surface area contributed by atoms with Gasteiger partial charge in [0.1, 0.15) is 8.07 Å². The molecule has 1 aromatic rings. The fourth-order valence-corrected chi connectivity index (χ4v) is 5.60. The van der Waals surface area contributed by atoms with Gasteiger partial charge < -0.3 is 5.11 Å². The van der Waals surface area contributed by atoms with Gasteiger partial charge in [-0.25, -0.2) is 0 Å². The summed E-state index contributed by atoms with van der Waals surface area (Å²) in [4.78, 5) is 0. The number of allylic oxidation sites excluding steroid dienone is 1. The first-order valence-corrected chi connectivity index (χ1v) is 9.94. The minimum atomic E-state index is -1.71. The Balaban J connectivity index is 2.94. The van der Waals surface area contributed by atoms with Gasteiger partial charge >= 0.3 is 0 Å². The zero-order chi connectivity index (χ0) is 13.6. The summed E-state index contributed by atoms with van der Waals surface area (Å²) < 4.78 is 0. The predicted molar refractivity (Wildman–Crippen MR) is 82.8 cm³/mol. The topological polar surface area (TPSA) is 20.2 Å². The molecule has 0 bridgehead atoms. The van der Waals surface area contributed by atoms with Gasteiger partial charge in [0, 0.05) is 0 Å². The van der Waals surface area contributed by atoms with Crippen LogP contribution in [0.25, 0.3) is 0 Å². The molecule has 0 spiro atoms. The summed E-state index contributed by atoms with van der Waals surface area (Å²) >= 11 is 0. The first-order chi connectivity index (χ1) is 8.54. The molecule has 0 radical (unpaired) electrons. The monoisotopic (exact) mass is 262 g/mol. The average molecular weight is 262 g/mol. The lowest BCUT2D eigenvalue weighted by Gasteiger charge is -2.30. The van der Waals surface area contributed by atoms with E-state index in [0.29, 0.717) is 0 Å². The number of benzene rings is 1. The summed E-state index contributed by atoms with van der Waals surface area (Å²) in [5.41, 5.74) is 0. The van der Waals surface area contributed by atoms with Crippen molar-refractivity contribution >= 4 is 13.3 Å². The molecule has 1 N–H and O–H groups in total. The zero-order valence-electron chi connectivity index (χ0n) is 12.1. The molecule has 0 fully saturated rings. The molecule has 0 saturated heterocycles. The third-order valence-corrected chi connectivity index (χ3v) is 7.56. The summed E-state index contributed by atoms with van der Waals surface area (Å²) in [5, 5.41) is 13.1. The maximum absolute atomic E-state index is 10.4. The Hall–Kier alpha value is -0.863. The molecule has 18 heavy (non-hydrogen) atoms. The van der Waals surface area contributed by atoms with Crippen molar-refractivity contribution in [2.24, 2.45) is 0 Å². The van der Waals surface area contributed by atoms with Crippen LogP contribution in [0, 0.1) is 0 Å². The summed E-state index contributed by atoms with van der Waals surface area (Å²) in [5.74, 6) is 0. The highest BCUT2D eigenvalue weighted by Crippen LogP contribution is 2.22. The van der Waals surface area contributed by atoms with Gasteiger partial charge in [-0.2, -0.15) is 0 Å². The number of hydrogen-bond acceptors (Lipinski definition) is 1. The largest absolute Gasteiger partial charge is 0.389 e. The molecular weight excluding hydrogens is 236 g/mol. The van der Waals surface area contributed by atoms with Gasteiger partial charge in [-0.05, 0) is 13.3 Å². The molecule has 2 heteroatoms. The summed E-state index contributed by atoms with van der Waals surface area (Å²) in [7, 11) is -1.71. The molecule has 0 amide bonds. The minimum Gasteiger partial charge on any atom is -0.389 e. The van der Waals surface area contributed by atoms with Crippen LogP contribution in [0.2, 0.25) is 13.1 Å². The van der Waals surface area contributed by atoms with Crippen molar-refractivity contribution in [2.75, 3.05) is 0 Å². The zero-order valence-corrected chi connectivity index (χ0v) is 13.1. The SMILES string of the molecule is C/C=C(\C(O)CCCC)[Si](C)(C)c1ccccc1. The quantitative estimate of drug-likeness (QED) is 0.776. The molecule has 0 heterocycles. The van der Waals surface area contributed by atoms with Crippen molar-refractivity contribution < 1.29 is 5.11 Å². The third-order valence-electron chi connectivity index (χ3n) is 3.72. The van der Waals surface area contributed by atoms with E-state index in [1.165, 1.54) is 10.4 Å². The first kappa shape index (κ1) is 15.2. The average Bonchev–Trinajstić information content (AvgIpc) is 2.38. The number of hydrogen-bond donors (Lipinski definition) is 1. The van der Waals surface area contributed by atoms with E-state index >= 15 is 0 Å². The van der Waals surface area contributed by atoms with Gasteiger partial charge in [0.25, 0.3) is 0 Å². The van der Waals surface area contributed by atoms with Crippen LogP contribution >= 0.6 is 0 Å². The van der Waals surface area contributed by atoms with Crippen LogP contribution in [0.3, 0.4) is 0 Å². The van der Waals surface area contributed by atoms with Gasteiger partial charge in [0.05, 0.1) is 6.10 Å². The van der Waals surface area contributed by atoms with E-state index in [2.05, 4.69) is 63.3 Å². The van der Waals surface area contributed by atoms with Crippen LogP contribution in [0.15, 0.2) is 41.6 Å². The Morgan fingerprint density at radius 1 is 1.28 bits per heavy atom. The van der Waals surface area contributed by atoms with Crippen LogP contribution in [-0.4, -0.2) is 19.3 Å². The molecule has 1 nitrogen and oxygen atoms in total. The summed E-state index contributed by atoms with van der Waals surface area (Å²) in [6.07, 6.45) is 5.00. The van der Waals surface area contributed by atoms with Crippen LogP contribution in [-0.2, 0) is 0 Å². The summed E-state index contributed by atoms with van der Waals surface area (Å²) in [6.45, 7) is 8.88. The van der Waals surface area contributed by atoms with Gasteiger partial charge in [-0.1, -0.05) is 79.7 Å². The second-order valence-corrected chi connectivity index (χ2v) is 9.80. The number of unbranched alkanes of at least 4 members (excludes halogenated alkanes) is 1. The number of aliphatic hydroxyl groups excluding tert-OH is 1. The molecule has 1 aromatic carbocycles. The number of aliphatic hydroxyl groups is 1. The Morgan fingerprint density at radius 2 is 1.89 bits per heavy atom. The van der Waals surface area contributed by atoms with Crippen LogP contribution in [0.4, 0.5) is 0 Å². The maximum atomic E-state index is 10.4. The fourth-order valence-electron chi connectivity index (χ4n) is 2.54. The lowest BCUT2D eigenvalue weighted by molar-refractivity contribution is 0.203. The molecule has 1 unspecified atom stereocenters. The molecule has 100 valence electrons. The molecule has 0 saturated carbocycles. The van der Waals surface area contributed by atoms with E-state index in [4.69, 9.17) is 0 Å². The van der Waals surface area contributed by atoms with Crippen LogP contribution < -0.4 is 5.19 Å². The lowest BCUT2D eigenvalue weighted by Crippen LogP contribution is -2.47. The fraction of sp³-hybridized carbons (Fsp3) is 0.500. The van der Waals surface area contributed by atoms with Crippen LogP contribution in [0.1, 0.15) is 33.1 Å². The second kappa shape index (κ2) is 6.91. The van der Waals surface area contributed by atoms with Crippen molar-refractivity contribution in [3.8, 4) is 0 Å². The molecule has 0 aromatic heterocycles. The highest BCUT2D eigenvalue weighted by atomic mass is 28.3. The number of rotatable bonds is 6. The van der Waals surface area contributed by atoms with E-state index in [0.717, 1.165) is 19.3 Å². The van der Waals surface area contributed by atoms with E-state index in [1.807, 2.05) is 0 Å². The predicted octanol–water partition coefficient (Wildman–Crippen LogP) is 3.64. The summed E-state index contributed by atoms with van der Waals surface area (Å²) in [6, 6.07) is 10.6. The maximum Gasteiger partial charge on any atom is 0.110 e. The Morgan fingerprint density at radius 3 is 2.39 bits per heavy atom. The first-order valence-electron chi connectivity index (χ1n) is 6.94. The van der Waals surface area contributed by atoms with Crippen molar-refractivity contribution in [2.45, 2.75) is 52.3 Å². The third kappa shape index (κ3) is 3.56. The molecular formula is C16H26OSi. The lowest BCUT2D eigenvalue weighted by atomic mass is 10.1. The molecule has 0 aliphatic carbocycles. The molecule has 0 aliphatic heterocycles. The van der Waals surface area contributed by atoms with Crippen molar-refractivity contribution in [1.29, 1.82) is 0 Å². The highest BCUT2D eigenvalue weighted by molar-refractivity contribution is 6.95. The van der Waals surface area contributed by atoms with E-state index in [1.54, 1.807) is 0 Å². The Labute approximate surface area is 113 Å². The molecule has 1 atom stereocenters. The Kier molecular flexibility index (Phi) is 5.83. The molecule has 1 rings (SSSR count). The second-order valence-electron chi connectivity index (χ2n) is 5.39. The van der Waals surface area contributed by atoms with Gasteiger partial charge in [-0.3, -0.25) is 0 Å². The van der Waals surface area contributed by atoms with Gasteiger partial charge in [0.15, 0.2) is 0 Å². The van der Waals surface area contributed by atoms with Crippen LogP contribution in [0.5, 0.6) is 0 Å².